The lowest BCUT2D eigenvalue weighted by Crippen LogP contribution is -2.49. The van der Waals surface area contributed by atoms with E-state index in [4.69, 9.17) is 5.11 Å². The van der Waals surface area contributed by atoms with Crippen LogP contribution in [0.2, 0.25) is 0 Å². The zero-order chi connectivity index (χ0) is 17.6. The van der Waals surface area contributed by atoms with Crippen LogP contribution in [0, 0.1) is 5.92 Å². The minimum absolute atomic E-state index is 0.0337. The number of aromatic hydroxyl groups is 1. The number of phenols is 1. The molecule has 0 bridgehead atoms. The Morgan fingerprint density at radius 2 is 1.65 bits per heavy atom. The number of rotatable bonds is 7. The molecule has 0 fully saturated rings. The molecule has 0 aliphatic carbocycles. The van der Waals surface area contributed by atoms with E-state index in [1.165, 1.54) is 24.3 Å². The largest absolute Gasteiger partial charge is 0.508 e. The Morgan fingerprint density at radius 3 is 2.09 bits per heavy atom. The van der Waals surface area contributed by atoms with E-state index in [9.17, 15) is 24.6 Å². The molecule has 8 heteroatoms. The molecule has 1 aromatic carbocycles. The minimum Gasteiger partial charge on any atom is -0.508 e. The summed E-state index contributed by atoms with van der Waals surface area (Å²) in [5.74, 6) is -3.25. The Bertz CT molecular complexity index is 570. The predicted octanol–water partition coefficient (Wildman–Crippen LogP) is 0.205. The summed E-state index contributed by atoms with van der Waals surface area (Å²) in [6.45, 7) is 2.20. The number of hydrogen-bond donors (Lipinski definition) is 4. The van der Waals surface area contributed by atoms with E-state index in [1.807, 2.05) is 0 Å². The van der Waals surface area contributed by atoms with Crippen LogP contribution < -0.4 is 10.6 Å². The van der Waals surface area contributed by atoms with E-state index < -0.39 is 36.5 Å². The SMILES string of the molecule is CC(C)[C@H](NC(=O)[C@H](NC(=O)C[O])c1ccc(O)cc1)C(=O)O. The maximum absolute atomic E-state index is 12.3. The van der Waals surface area contributed by atoms with E-state index in [0.29, 0.717) is 5.56 Å². The molecule has 8 nitrogen and oxygen atoms in total. The predicted molar refractivity (Wildman–Crippen MR) is 78.9 cm³/mol. The smallest absolute Gasteiger partial charge is 0.326 e. The molecule has 2 atom stereocenters. The Labute approximate surface area is 133 Å². The van der Waals surface area contributed by atoms with Crippen LogP contribution in [-0.2, 0) is 19.5 Å². The third kappa shape index (κ3) is 5.26. The number of phenolic OH excluding ortho intramolecular Hbond substituents is 1. The van der Waals surface area contributed by atoms with Gasteiger partial charge in [-0.15, -0.1) is 0 Å². The summed E-state index contributed by atoms with van der Waals surface area (Å²) in [6, 6.07) is 3.07. The summed E-state index contributed by atoms with van der Waals surface area (Å²) in [5.41, 5.74) is 0.315. The summed E-state index contributed by atoms with van der Waals surface area (Å²) >= 11 is 0. The van der Waals surface area contributed by atoms with Crippen molar-refractivity contribution in [3.63, 3.8) is 0 Å². The van der Waals surface area contributed by atoms with Gasteiger partial charge in [0.05, 0.1) is 0 Å². The topological polar surface area (TPSA) is 136 Å². The summed E-state index contributed by atoms with van der Waals surface area (Å²) in [4.78, 5) is 34.9. The first-order chi connectivity index (χ1) is 10.8. The number of aliphatic carboxylic acids is 1. The summed E-state index contributed by atoms with van der Waals surface area (Å²) in [5, 5.41) is 33.6. The molecule has 0 saturated carbocycles. The van der Waals surface area contributed by atoms with E-state index in [0.717, 1.165) is 0 Å². The molecule has 4 N–H and O–H groups in total. The number of carboxylic acids is 1. The second-order valence-corrected chi connectivity index (χ2v) is 5.30. The number of hydrogen-bond acceptors (Lipinski definition) is 4. The highest BCUT2D eigenvalue weighted by Gasteiger charge is 2.29. The molecule has 0 aliphatic heterocycles. The van der Waals surface area contributed by atoms with Crippen LogP contribution in [-0.4, -0.2) is 40.6 Å². The van der Waals surface area contributed by atoms with Crippen molar-refractivity contribution in [1.29, 1.82) is 0 Å². The molecule has 0 spiro atoms. The Kier molecular flexibility index (Phi) is 6.52. The van der Waals surface area contributed by atoms with Gasteiger partial charge in [0.15, 0.2) is 6.61 Å². The van der Waals surface area contributed by atoms with Gasteiger partial charge in [0, 0.05) is 0 Å². The molecule has 0 aliphatic rings. The van der Waals surface area contributed by atoms with E-state index in [2.05, 4.69) is 10.6 Å². The standard InChI is InChI=1S/C15H19N2O6/c1-8(2)12(15(22)23)17-14(21)13(16-11(20)7-18)9-3-5-10(19)6-4-9/h3-6,8,12-13,19H,7H2,1-2H3,(H,16,20)(H,17,21)(H,22,23)/t12-,13+/m0/s1. The van der Waals surface area contributed by atoms with Gasteiger partial charge in [0.2, 0.25) is 11.8 Å². The fourth-order valence-corrected chi connectivity index (χ4v) is 1.92. The third-order valence-electron chi connectivity index (χ3n) is 3.16. The van der Waals surface area contributed by atoms with Gasteiger partial charge in [-0.05, 0) is 23.6 Å². The minimum atomic E-state index is -1.22. The average molecular weight is 323 g/mol. The van der Waals surface area contributed by atoms with Gasteiger partial charge in [-0.1, -0.05) is 26.0 Å². The third-order valence-corrected chi connectivity index (χ3v) is 3.16. The van der Waals surface area contributed by atoms with Crippen LogP contribution in [0.4, 0.5) is 0 Å². The molecule has 0 heterocycles. The van der Waals surface area contributed by atoms with Gasteiger partial charge in [-0.2, -0.15) is 0 Å². The van der Waals surface area contributed by atoms with Crippen molar-refractivity contribution >= 4 is 17.8 Å². The number of benzene rings is 1. The first-order valence-electron chi connectivity index (χ1n) is 6.95. The van der Waals surface area contributed by atoms with E-state index in [1.54, 1.807) is 13.8 Å². The van der Waals surface area contributed by atoms with E-state index >= 15 is 0 Å². The Hall–Kier alpha value is -2.61. The van der Waals surface area contributed by atoms with Crippen LogP contribution in [0.1, 0.15) is 25.5 Å². The molecule has 0 saturated heterocycles. The van der Waals surface area contributed by atoms with Crippen LogP contribution in [0.15, 0.2) is 24.3 Å². The lowest BCUT2D eigenvalue weighted by atomic mass is 10.0. The fraction of sp³-hybridized carbons (Fsp3) is 0.400. The fourth-order valence-electron chi connectivity index (χ4n) is 1.92. The molecule has 2 amide bonds. The van der Waals surface area contributed by atoms with Crippen molar-refractivity contribution in [1.82, 2.24) is 10.6 Å². The van der Waals surface area contributed by atoms with Gasteiger partial charge in [0.25, 0.3) is 0 Å². The number of nitrogens with one attached hydrogen (secondary N) is 2. The normalized spacial score (nSPS) is 13.2. The molecular weight excluding hydrogens is 304 g/mol. The van der Waals surface area contributed by atoms with Crippen molar-refractivity contribution in [2.45, 2.75) is 25.9 Å². The second-order valence-electron chi connectivity index (χ2n) is 5.30. The van der Waals surface area contributed by atoms with Crippen LogP contribution in [0.25, 0.3) is 0 Å². The highest BCUT2D eigenvalue weighted by atomic mass is 16.4. The van der Waals surface area contributed by atoms with Crippen LogP contribution >= 0.6 is 0 Å². The quantitative estimate of drug-likeness (QED) is 0.568. The maximum atomic E-state index is 12.3. The summed E-state index contributed by atoms with van der Waals surface area (Å²) < 4.78 is 0. The molecule has 1 aromatic rings. The van der Waals surface area contributed by atoms with Crippen LogP contribution in [0.5, 0.6) is 5.75 Å². The number of amides is 2. The van der Waals surface area contributed by atoms with E-state index in [-0.39, 0.29) is 11.7 Å². The second kappa shape index (κ2) is 8.14. The lowest BCUT2D eigenvalue weighted by Gasteiger charge is -2.23. The summed E-state index contributed by atoms with van der Waals surface area (Å²) in [6.07, 6.45) is 0. The Morgan fingerprint density at radius 1 is 1.09 bits per heavy atom. The average Bonchev–Trinajstić information content (AvgIpc) is 2.50. The molecule has 1 rings (SSSR count). The van der Waals surface area contributed by atoms with Gasteiger partial charge in [-0.25, -0.2) is 9.90 Å². The first kappa shape index (κ1) is 18.4. The molecule has 23 heavy (non-hydrogen) atoms. The van der Waals surface area contributed by atoms with Crippen LogP contribution in [0.3, 0.4) is 0 Å². The first-order valence-corrected chi connectivity index (χ1v) is 6.95. The van der Waals surface area contributed by atoms with Gasteiger partial charge >= 0.3 is 5.97 Å². The zero-order valence-electron chi connectivity index (χ0n) is 12.8. The number of carbonyl (C=O) groups excluding carboxylic acids is 2. The summed E-state index contributed by atoms with van der Waals surface area (Å²) in [7, 11) is 0. The zero-order valence-corrected chi connectivity index (χ0v) is 12.8. The highest BCUT2D eigenvalue weighted by Crippen LogP contribution is 2.18. The number of carboxylic acid groups (broad SMARTS) is 1. The number of carbonyl (C=O) groups is 3. The van der Waals surface area contributed by atoms with Gasteiger partial charge in [-0.3, -0.25) is 9.59 Å². The Balaban J connectivity index is 3.03. The van der Waals surface area contributed by atoms with Crippen molar-refractivity contribution < 1.29 is 29.7 Å². The monoisotopic (exact) mass is 323 g/mol. The van der Waals surface area contributed by atoms with Crippen molar-refractivity contribution in [3.05, 3.63) is 29.8 Å². The maximum Gasteiger partial charge on any atom is 0.326 e. The van der Waals surface area contributed by atoms with Gasteiger partial charge < -0.3 is 20.8 Å². The highest BCUT2D eigenvalue weighted by molar-refractivity contribution is 5.91. The lowest BCUT2D eigenvalue weighted by molar-refractivity contribution is -0.143. The molecule has 125 valence electrons. The molecule has 1 radical (unpaired) electrons. The van der Waals surface area contributed by atoms with Gasteiger partial charge in [0.1, 0.15) is 17.8 Å². The van der Waals surface area contributed by atoms with Crippen molar-refractivity contribution in [3.8, 4) is 5.75 Å². The molecule has 0 aromatic heterocycles. The van der Waals surface area contributed by atoms with Crippen molar-refractivity contribution in [2.75, 3.05) is 6.61 Å². The molecular formula is C15H19N2O6. The van der Waals surface area contributed by atoms with Crippen molar-refractivity contribution in [2.24, 2.45) is 5.92 Å². The molecule has 0 unspecified atom stereocenters.